The van der Waals surface area contributed by atoms with Crippen LogP contribution in [0.3, 0.4) is 0 Å². The molecule has 184 valence electrons. The number of nitrogens with one attached hydrogen (secondary N) is 1. The summed E-state index contributed by atoms with van der Waals surface area (Å²) < 4.78 is 13.8. The lowest BCUT2D eigenvalue weighted by atomic mass is 10.00. The summed E-state index contributed by atoms with van der Waals surface area (Å²) in [6, 6.07) is -0.726. The molecule has 1 N–H and O–H groups in total. The minimum atomic E-state index is -0.726. The van der Waals surface area contributed by atoms with Gasteiger partial charge in [0.15, 0.2) is 0 Å². The van der Waals surface area contributed by atoms with E-state index in [4.69, 9.17) is 0 Å². The molecule has 2 amide bonds. The predicted octanol–water partition coefficient (Wildman–Crippen LogP) is 1.60. The van der Waals surface area contributed by atoms with Gasteiger partial charge in [0.1, 0.15) is 6.04 Å². The van der Waals surface area contributed by atoms with Crippen molar-refractivity contribution in [1.29, 1.82) is 0 Å². The van der Waals surface area contributed by atoms with Gasteiger partial charge in [-0.15, -0.1) is 0 Å². The van der Waals surface area contributed by atoms with Crippen molar-refractivity contribution in [1.82, 2.24) is 10.2 Å². The first-order chi connectivity index (χ1) is 15.2. The van der Waals surface area contributed by atoms with E-state index < -0.39 is 18.0 Å². The summed E-state index contributed by atoms with van der Waals surface area (Å²) in [6.45, 7) is 4.38. The van der Waals surface area contributed by atoms with Gasteiger partial charge in [-0.1, -0.05) is 13.8 Å². The highest BCUT2D eigenvalue weighted by Crippen LogP contribution is 2.16. The first-order valence-corrected chi connectivity index (χ1v) is 10.9. The van der Waals surface area contributed by atoms with Crippen molar-refractivity contribution in [2.75, 3.05) is 34.4 Å². The molecular weight excluding hydrogens is 420 g/mol. The van der Waals surface area contributed by atoms with E-state index in [2.05, 4.69) is 19.5 Å². The van der Waals surface area contributed by atoms with Gasteiger partial charge < -0.3 is 24.4 Å². The van der Waals surface area contributed by atoms with E-state index in [1.807, 2.05) is 13.8 Å². The average Bonchev–Trinajstić information content (AvgIpc) is 2.77. The Morgan fingerprint density at radius 3 is 1.75 bits per heavy atom. The highest BCUT2D eigenvalue weighted by molar-refractivity contribution is 5.88. The van der Waals surface area contributed by atoms with Crippen LogP contribution >= 0.6 is 0 Å². The molecule has 0 saturated heterocycles. The number of hydrogen-bond donors (Lipinski definition) is 1. The molecule has 32 heavy (non-hydrogen) atoms. The van der Waals surface area contributed by atoms with Crippen molar-refractivity contribution in [2.45, 2.75) is 71.3 Å². The number of rotatable bonds is 16. The van der Waals surface area contributed by atoms with Crippen molar-refractivity contribution in [3.8, 4) is 0 Å². The number of carbonyl (C=O) groups is 5. The minimum absolute atomic E-state index is 0.0809. The van der Waals surface area contributed by atoms with Gasteiger partial charge >= 0.3 is 17.9 Å². The maximum absolute atomic E-state index is 13.0. The topological polar surface area (TPSA) is 128 Å². The fourth-order valence-electron chi connectivity index (χ4n) is 3.07. The number of esters is 3. The Kier molecular flexibility index (Phi) is 15.6. The molecule has 0 aromatic carbocycles. The number of ether oxygens (including phenoxy) is 3. The predicted molar refractivity (Wildman–Crippen MR) is 116 cm³/mol. The van der Waals surface area contributed by atoms with Gasteiger partial charge in [0, 0.05) is 38.8 Å². The normalized spacial score (nSPS) is 11.4. The second kappa shape index (κ2) is 17.0. The molecule has 0 bridgehead atoms. The zero-order valence-corrected chi connectivity index (χ0v) is 19.9. The Morgan fingerprint density at radius 1 is 0.750 bits per heavy atom. The molecule has 1 unspecified atom stereocenters. The van der Waals surface area contributed by atoms with Crippen LogP contribution in [0.15, 0.2) is 0 Å². The molecule has 0 aromatic heterocycles. The molecule has 1 atom stereocenters. The Hall–Kier alpha value is -2.65. The molecule has 0 spiro atoms. The van der Waals surface area contributed by atoms with Crippen LogP contribution in [0.2, 0.25) is 0 Å². The number of hydrogen-bond acceptors (Lipinski definition) is 8. The van der Waals surface area contributed by atoms with E-state index in [0.717, 1.165) is 0 Å². The highest BCUT2D eigenvalue weighted by Gasteiger charge is 2.30. The van der Waals surface area contributed by atoms with Gasteiger partial charge in [-0.3, -0.25) is 24.0 Å². The Morgan fingerprint density at radius 2 is 1.25 bits per heavy atom. The first kappa shape index (κ1) is 29.4. The van der Waals surface area contributed by atoms with E-state index in [-0.39, 0.29) is 62.5 Å². The third kappa shape index (κ3) is 12.9. The molecule has 0 rings (SSSR count). The largest absolute Gasteiger partial charge is 0.469 e. The van der Waals surface area contributed by atoms with Crippen molar-refractivity contribution in [3.05, 3.63) is 0 Å². The number of carbonyl (C=O) groups excluding carboxylic acids is 5. The molecule has 0 fully saturated rings. The Bertz CT molecular complexity index is 621. The number of nitrogens with zero attached hydrogens (tertiary/aromatic N) is 1. The van der Waals surface area contributed by atoms with Crippen LogP contribution in [0.4, 0.5) is 0 Å². The van der Waals surface area contributed by atoms with Crippen LogP contribution in [0.5, 0.6) is 0 Å². The third-order valence-electron chi connectivity index (χ3n) is 4.79. The zero-order valence-electron chi connectivity index (χ0n) is 19.9. The third-order valence-corrected chi connectivity index (χ3v) is 4.79. The van der Waals surface area contributed by atoms with Crippen molar-refractivity contribution in [3.63, 3.8) is 0 Å². The first-order valence-electron chi connectivity index (χ1n) is 10.9. The van der Waals surface area contributed by atoms with Gasteiger partial charge in [-0.25, -0.2) is 0 Å². The number of methoxy groups -OCH3 is 3. The van der Waals surface area contributed by atoms with Crippen molar-refractivity contribution in [2.24, 2.45) is 5.92 Å². The minimum Gasteiger partial charge on any atom is -0.469 e. The van der Waals surface area contributed by atoms with Gasteiger partial charge in [0.25, 0.3) is 0 Å². The second-order valence-corrected chi connectivity index (χ2v) is 7.81. The second-order valence-electron chi connectivity index (χ2n) is 7.81. The summed E-state index contributed by atoms with van der Waals surface area (Å²) in [5, 5.41) is 2.79. The lowest BCUT2D eigenvalue weighted by molar-refractivity contribution is -0.144. The average molecular weight is 459 g/mol. The van der Waals surface area contributed by atoms with E-state index in [1.165, 1.54) is 26.2 Å². The summed E-state index contributed by atoms with van der Waals surface area (Å²) >= 11 is 0. The molecule has 0 aliphatic carbocycles. The summed E-state index contributed by atoms with van der Waals surface area (Å²) in [5.74, 6) is -1.61. The van der Waals surface area contributed by atoms with Gasteiger partial charge in [0.2, 0.25) is 11.8 Å². The maximum Gasteiger partial charge on any atom is 0.305 e. The monoisotopic (exact) mass is 458 g/mol. The van der Waals surface area contributed by atoms with Crippen LogP contribution in [-0.4, -0.2) is 75.1 Å². The van der Waals surface area contributed by atoms with Crippen LogP contribution in [-0.2, 0) is 38.2 Å². The van der Waals surface area contributed by atoms with Crippen LogP contribution < -0.4 is 5.32 Å². The zero-order chi connectivity index (χ0) is 24.5. The molecule has 0 aliphatic heterocycles. The Labute approximate surface area is 190 Å². The molecule has 0 saturated carbocycles. The van der Waals surface area contributed by atoms with E-state index in [1.54, 1.807) is 0 Å². The van der Waals surface area contributed by atoms with Gasteiger partial charge in [0.05, 0.1) is 21.3 Å². The molecule has 0 radical (unpaired) electrons. The Balaban J connectivity index is 5.25. The summed E-state index contributed by atoms with van der Waals surface area (Å²) in [5.41, 5.74) is 0. The van der Waals surface area contributed by atoms with E-state index >= 15 is 0 Å². The summed E-state index contributed by atoms with van der Waals surface area (Å²) in [4.78, 5) is 61.5. The molecular formula is C22H38N2O8. The quantitative estimate of drug-likeness (QED) is 0.210. The lowest BCUT2D eigenvalue weighted by Gasteiger charge is -2.32. The molecule has 0 heterocycles. The maximum atomic E-state index is 13.0. The van der Waals surface area contributed by atoms with Crippen LogP contribution in [0.25, 0.3) is 0 Å². The number of amides is 2. The fraction of sp³-hybridized carbons (Fsp3) is 0.773. The standard InChI is InChI=1S/C22H38N2O8/c1-16(2)15-17(22(29)23-13-7-11-20(27)31-4)24(14-8-12-21(28)32-5)18(25)9-6-10-19(26)30-3/h16-17H,6-15H2,1-5H3,(H,23,29). The fourth-order valence-corrected chi connectivity index (χ4v) is 3.07. The smallest absolute Gasteiger partial charge is 0.305 e. The van der Waals surface area contributed by atoms with Crippen molar-refractivity contribution < 1.29 is 38.2 Å². The van der Waals surface area contributed by atoms with Gasteiger partial charge in [-0.2, -0.15) is 0 Å². The molecule has 10 nitrogen and oxygen atoms in total. The molecule has 0 aliphatic rings. The van der Waals surface area contributed by atoms with E-state index in [0.29, 0.717) is 25.7 Å². The van der Waals surface area contributed by atoms with Crippen LogP contribution in [0, 0.1) is 5.92 Å². The summed E-state index contributed by atoms with van der Waals surface area (Å²) in [7, 11) is 3.88. The van der Waals surface area contributed by atoms with Crippen molar-refractivity contribution >= 4 is 29.7 Å². The summed E-state index contributed by atoms with van der Waals surface area (Å²) in [6.07, 6.45) is 1.99. The molecule has 0 aromatic rings. The van der Waals surface area contributed by atoms with E-state index in [9.17, 15) is 24.0 Å². The van der Waals surface area contributed by atoms with Gasteiger partial charge in [-0.05, 0) is 31.6 Å². The molecule has 10 heteroatoms. The lowest BCUT2D eigenvalue weighted by Crippen LogP contribution is -2.50. The highest BCUT2D eigenvalue weighted by atomic mass is 16.5. The SMILES string of the molecule is COC(=O)CCCNC(=O)C(CC(C)C)N(CCCC(=O)OC)C(=O)CCCC(=O)OC. The van der Waals surface area contributed by atoms with Crippen LogP contribution in [0.1, 0.15) is 65.2 Å².